The van der Waals surface area contributed by atoms with Gasteiger partial charge in [-0.05, 0) is 58.7 Å². The van der Waals surface area contributed by atoms with Crippen molar-refractivity contribution in [2.75, 3.05) is 5.73 Å². The molecule has 0 fully saturated rings. The maximum atomic E-state index is 9.14. The van der Waals surface area contributed by atoms with E-state index in [1.54, 1.807) is 0 Å². The van der Waals surface area contributed by atoms with Crippen LogP contribution in [0, 0.1) is 5.41 Å². The zero-order valence-corrected chi connectivity index (χ0v) is 17.6. The van der Waals surface area contributed by atoms with E-state index in [2.05, 4.69) is 42.5 Å². The molecule has 0 aliphatic rings. The highest BCUT2D eigenvalue weighted by atomic mass is 15.0. The van der Waals surface area contributed by atoms with Gasteiger partial charge in [-0.25, -0.2) is 0 Å². The molecule has 32 heavy (non-hydrogen) atoms. The van der Waals surface area contributed by atoms with Gasteiger partial charge in [0.25, 0.3) is 0 Å². The van der Waals surface area contributed by atoms with Gasteiger partial charge in [0, 0.05) is 17.4 Å². The lowest BCUT2D eigenvalue weighted by Crippen LogP contribution is -2.11. The number of nitrogens with zero attached hydrogens (tertiary/aromatic N) is 1. The van der Waals surface area contributed by atoms with Gasteiger partial charge in [-0.15, -0.1) is 0 Å². The summed E-state index contributed by atoms with van der Waals surface area (Å²) in [6, 6.07) is 38.7. The number of anilines is 1. The van der Waals surface area contributed by atoms with Crippen molar-refractivity contribution in [3.8, 4) is 27.9 Å². The molecule has 0 aliphatic heterocycles. The molecule has 0 bridgehead atoms. The molecule has 4 aromatic carbocycles. The van der Waals surface area contributed by atoms with Gasteiger partial charge in [-0.2, -0.15) is 0 Å². The van der Waals surface area contributed by atoms with Crippen molar-refractivity contribution in [1.29, 1.82) is 5.41 Å². The molecule has 3 nitrogen and oxygen atoms in total. The Hall–Kier alpha value is -4.37. The Morgan fingerprint density at radius 1 is 0.594 bits per heavy atom. The van der Waals surface area contributed by atoms with Crippen LogP contribution in [0.15, 0.2) is 121 Å². The SMILES string of the molecule is N=C(c1cc(-c2ccccc2)cc(-c2ccccc2)c1)c1c(N)ccn1-c1ccccc1. The second-order valence-corrected chi connectivity index (χ2v) is 7.73. The van der Waals surface area contributed by atoms with Crippen LogP contribution in [0.3, 0.4) is 0 Å². The molecule has 1 heterocycles. The molecule has 5 rings (SSSR count). The first-order valence-corrected chi connectivity index (χ1v) is 10.6. The number of benzene rings is 4. The Kier molecular flexibility index (Phi) is 5.14. The topological polar surface area (TPSA) is 54.8 Å². The van der Waals surface area contributed by atoms with Crippen LogP contribution in [0.5, 0.6) is 0 Å². The summed E-state index contributed by atoms with van der Waals surface area (Å²) in [6.07, 6.45) is 1.92. The zero-order valence-electron chi connectivity index (χ0n) is 17.6. The minimum absolute atomic E-state index is 0.395. The van der Waals surface area contributed by atoms with Crippen LogP contribution in [-0.2, 0) is 0 Å². The molecule has 0 atom stereocenters. The van der Waals surface area contributed by atoms with Crippen molar-refractivity contribution < 1.29 is 0 Å². The Morgan fingerprint density at radius 3 is 1.62 bits per heavy atom. The van der Waals surface area contributed by atoms with Crippen LogP contribution in [0.4, 0.5) is 5.69 Å². The number of nitrogens with one attached hydrogen (secondary N) is 1. The summed E-state index contributed by atoms with van der Waals surface area (Å²) in [5, 5.41) is 9.14. The zero-order chi connectivity index (χ0) is 21.9. The second-order valence-electron chi connectivity index (χ2n) is 7.73. The van der Waals surface area contributed by atoms with Gasteiger partial charge in [0.15, 0.2) is 0 Å². The third kappa shape index (κ3) is 3.72. The normalized spacial score (nSPS) is 10.8. The highest BCUT2D eigenvalue weighted by Gasteiger charge is 2.17. The number of para-hydroxylation sites is 1. The lowest BCUT2D eigenvalue weighted by atomic mass is 9.93. The first-order chi connectivity index (χ1) is 15.7. The Labute approximate surface area is 187 Å². The smallest absolute Gasteiger partial charge is 0.0945 e. The number of rotatable bonds is 5. The van der Waals surface area contributed by atoms with Crippen LogP contribution in [0.2, 0.25) is 0 Å². The van der Waals surface area contributed by atoms with Gasteiger partial charge >= 0.3 is 0 Å². The molecule has 3 N–H and O–H groups in total. The van der Waals surface area contributed by atoms with E-state index in [1.165, 1.54) is 0 Å². The molecule has 0 saturated carbocycles. The minimum Gasteiger partial charge on any atom is -0.397 e. The van der Waals surface area contributed by atoms with Crippen LogP contribution in [0.25, 0.3) is 27.9 Å². The van der Waals surface area contributed by atoms with E-state index in [9.17, 15) is 0 Å². The fraction of sp³-hybridized carbons (Fsp3) is 0. The standard InChI is InChI=1S/C29H23N3/c30-27-16-17-32(26-14-8-3-9-15-26)29(27)28(31)25-19-23(21-10-4-1-5-11-21)18-24(20-25)22-12-6-2-7-13-22/h1-20,31H,30H2. The maximum Gasteiger partial charge on any atom is 0.0945 e. The van der Waals surface area contributed by atoms with Gasteiger partial charge in [-0.3, -0.25) is 5.41 Å². The lowest BCUT2D eigenvalue weighted by molar-refractivity contribution is 1.06. The fourth-order valence-electron chi connectivity index (χ4n) is 4.02. The van der Waals surface area contributed by atoms with E-state index in [-0.39, 0.29) is 0 Å². The van der Waals surface area contributed by atoms with Gasteiger partial charge in [0.1, 0.15) is 0 Å². The van der Waals surface area contributed by atoms with E-state index in [0.29, 0.717) is 17.1 Å². The summed E-state index contributed by atoms with van der Waals surface area (Å²) < 4.78 is 1.98. The predicted molar refractivity (Wildman–Crippen MR) is 133 cm³/mol. The molecule has 0 saturated heterocycles. The van der Waals surface area contributed by atoms with Crippen molar-refractivity contribution in [2.24, 2.45) is 0 Å². The van der Waals surface area contributed by atoms with Crippen LogP contribution >= 0.6 is 0 Å². The molecule has 1 aromatic heterocycles. The molecule has 0 unspecified atom stereocenters. The highest BCUT2D eigenvalue weighted by Crippen LogP contribution is 2.31. The van der Waals surface area contributed by atoms with Crippen LogP contribution in [-0.4, -0.2) is 10.3 Å². The van der Waals surface area contributed by atoms with Gasteiger partial charge in [0.05, 0.1) is 17.1 Å². The van der Waals surface area contributed by atoms with Crippen molar-refractivity contribution in [2.45, 2.75) is 0 Å². The molecule has 0 amide bonds. The number of aromatic nitrogens is 1. The predicted octanol–water partition coefficient (Wildman–Crippen LogP) is 6.81. The Bertz CT molecular complexity index is 1310. The van der Waals surface area contributed by atoms with Crippen molar-refractivity contribution in [3.63, 3.8) is 0 Å². The maximum absolute atomic E-state index is 9.14. The van der Waals surface area contributed by atoms with Gasteiger partial charge in [0.2, 0.25) is 0 Å². The molecular weight excluding hydrogens is 390 g/mol. The van der Waals surface area contributed by atoms with E-state index < -0.39 is 0 Å². The summed E-state index contributed by atoms with van der Waals surface area (Å²) in [5.41, 5.74) is 14.2. The lowest BCUT2D eigenvalue weighted by Gasteiger charge is -2.15. The number of nitrogen functional groups attached to an aromatic ring is 1. The second kappa shape index (κ2) is 8.40. The average Bonchev–Trinajstić information content (AvgIpc) is 3.26. The van der Waals surface area contributed by atoms with Crippen LogP contribution < -0.4 is 5.73 Å². The number of nitrogens with two attached hydrogens (primary N) is 1. The van der Waals surface area contributed by atoms with Gasteiger partial charge in [-0.1, -0.05) is 78.9 Å². The first-order valence-electron chi connectivity index (χ1n) is 10.6. The molecule has 154 valence electrons. The van der Waals surface area contributed by atoms with E-state index >= 15 is 0 Å². The first kappa shape index (κ1) is 19.6. The van der Waals surface area contributed by atoms with Crippen molar-refractivity contribution >= 4 is 11.4 Å². The molecule has 3 heteroatoms. The monoisotopic (exact) mass is 413 g/mol. The average molecular weight is 414 g/mol. The van der Waals surface area contributed by atoms with E-state index in [4.69, 9.17) is 11.1 Å². The minimum atomic E-state index is 0.395. The summed E-state index contributed by atoms with van der Waals surface area (Å²) in [7, 11) is 0. The summed E-state index contributed by atoms with van der Waals surface area (Å²) >= 11 is 0. The van der Waals surface area contributed by atoms with Crippen LogP contribution in [0.1, 0.15) is 11.3 Å². The Morgan fingerprint density at radius 2 is 1.09 bits per heavy atom. The molecule has 5 aromatic rings. The molecular formula is C29H23N3. The number of hydrogen-bond donors (Lipinski definition) is 2. The summed E-state index contributed by atoms with van der Waals surface area (Å²) in [4.78, 5) is 0. The van der Waals surface area contributed by atoms with E-state index in [1.807, 2.05) is 83.6 Å². The highest BCUT2D eigenvalue weighted by molar-refractivity contribution is 6.14. The summed E-state index contributed by atoms with van der Waals surface area (Å²) in [6.45, 7) is 0. The largest absolute Gasteiger partial charge is 0.397 e. The third-order valence-corrected chi connectivity index (χ3v) is 5.62. The molecule has 0 spiro atoms. The third-order valence-electron chi connectivity index (χ3n) is 5.62. The van der Waals surface area contributed by atoms with Crippen molar-refractivity contribution in [3.05, 3.63) is 133 Å². The van der Waals surface area contributed by atoms with E-state index in [0.717, 1.165) is 33.5 Å². The fourth-order valence-corrected chi connectivity index (χ4v) is 4.02. The Balaban J connectivity index is 1.67. The van der Waals surface area contributed by atoms with Gasteiger partial charge < -0.3 is 10.3 Å². The quantitative estimate of drug-likeness (QED) is 0.306. The summed E-state index contributed by atoms with van der Waals surface area (Å²) in [5.74, 6) is 0. The van der Waals surface area contributed by atoms with Crippen molar-refractivity contribution in [1.82, 2.24) is 4.57 Å². The molecule has 0 radical (unpaired) electrons. The number of hydrogen-bond acceptors (Lipinski definition) is 2. The molecule has 0 aliphatic carbocycles.